The molecule has 0 aliphatic carbocycles. The fourth-order valence-corrected chi connectivity index (χ4v) is 6.11. The van der Waals surface area contributed by atoms with Crippen LogP contribution in [0.4, 0.5) is 17.5 Å². The van der Waals surface area contributed by atoms with E-state index in [0.29, 0.717) is 24.7 Å². The zero-order chi connectivity index (χ0) is 29.2. The molecule has 0 atom stereocenters. The van der Waals surface area contributed by atoms with Crippen molar-refractivity contribution in [2.24, 2.45) is 0 Å². The Morgan fingerprint density at radius 3 is 2.33 bits per heavy atom. The zero-order valence-electron chi connectivity index (χ0n) is 22.2. The van der Waals surface area contributed by atoms with Gasteiger partial charge in [0.15, 0.2) is 10.8 Å². The van der Waals surface area contributed by atoms with Gasteiger partial charge in [-0.2, -0.15) is 9.57 Å². The van der Waals surface area contributed by atoms with E-state index in [4.69, 9.17) is 5.26 Å². The summed E-state index contributed by atoms with van der Waals surface area (Å²) in [5.41, 5.74) is 1.41. The van der Waals surface area contributed by atoms with Crippen molar-refractivity contribution >= 4 is 43.4 Å². The molecule has 0 saturated carbocycles. The van der Waals surface area contributed by atoms with Gasteiger partial charge in [-0.25, -0.2) is 26.8 Å². The van der Waals surface area contributed by atoms with Gasteiger partial charge >= 0.3 is 0 Å². The summed E-state index contributed by atoms with van der Waals surface area (Å²) >= 11 is 0. The van der Waals surface area contributed by atoms with Gasteiger partial charge in [0, 0.05) is 38.9 Å². The van der Waals surface area contributed by atoms with Crippen LogP contribution < -0.4 is 14.5 Å². The van der Waals surface area contributed by atoms with Gasteiger partial charge in [0.2, 0.25) is 16.0 Å². The van der Waals surface area contributed by atoms with Crippen molar-refractivity contribution in [1.29, 1.82) is 5.26 Å². The number of amides is 1. The van der Waals surface area contributed by atoms with Crippen molar-refractivity contribution in [3.05, 3.63) is 58.9 Å². The topological polar surface area (TPSA) is 182 Å². The minimum Gasteiger partial charge on any atom is -0.338 e. The Bertz CT molecular complexity index is 1710. The van der Waals surface area contributed by atoms with E-state index in [2.05, 4.69) is 25.5 Å². The Morgan fingerprint density at radius 1 is 1.02 bits per heavy atom. The Kier molecular flexibility index (Phi) is 8.00. The molecule has 1 aromatic carbocycles. The summed E-state index contributed by atoms with van der Waals surface area (Å²) in [4.78, 5) is 23.3. The number of nitrogens with zero attached hydrogens (tertiary/aromatic N) is 8. The van der Waals surface area contributed by atoms with Gasteiger partial charge in [-0.3, -0.25) is 9.10 Å². The van der Waals surface area contributed by atoms with Crippen molar-refractivity contribution in [3.63, 3.8) is 0 Å². The number of hydrogen-bond donors (Lipinski definition) is 1. The van der Waals surface area contributed by atoms with Crippen molar-refractivity contribution < 1.29 is 21.6 Å². The van der Waals surface area contributed by atoms with Crippen LogP contribution in [0.5, 0.6) is 0 Å². The monoisotopic (exact) mass is 585 g/mol. The highest BCUT2D eigenvalue weighted by Gasteiger charge is 2.32. The molecule has 0 radical (unpaired) electrons. The van der Waals surface area contributed by atoms with E-state index in [9.17, 15) is 21.6 Å². The molecular formula is C24H27N9O5S2. The van der Waals surface area contributed by atoms with Crippen LogP contribution in [-0.2, 0) is 20.0 Å². The number of benzene rings is 1. The first kappa shape index (κ1) is 28.8. The third-order valence-electron chi connectivity index (χ3n) is 6.23. The van der Waals surface area contributed by atoms with Gasteiger partial charge in [0.1, 0.15) is 11.8 Å². The zero-order valence-corrected chi connectivity index (χ0v) is 23.9. The van der Waals surface area contributed by atoms with E-state index in [1.54, 1.807) is 32.0 Å². The van der Waals surface area contributed by atoms with Crippen LogP contribution in [0.1, 0.15) is 27.3 Å². The largest absolute Gasteiger partial charge is 0.338 e. The summed E-state index contributed by atoms with van der Waals surface area (Å²) in [5.74, 6) is -0.258. The average molecular weight is 586 g/mol. The summed E-state index contributed by atoms with van der Waals surface area (Å²) in [6.07, 6.45) is 1.02. The van der Waals surface area contributed by atoms with Crippen LogP contribution >= 0.6 is 0 Å². The van der Waals surface area contributed by atoms with Gasteiger partial charge in [0.05, 0.1) is 17.5 Å². The number of sulfonamides is 2. The standard InChI is InChI=1S/C24H27N9O5S2/c1-16-13-21(28-22(34)19-7-5-6-8-20(19)31(3)39(4,35)36)29-30-23(16)40(37,38)33-11-9-32(10-12-33)24-26-17(2)14-18(15-25)27-24/h5-8,13-14H,9-12H2,1-4H3,(H,28,29,34). The third kappa shape index (κ3) is 6.01. The number of nitrogens with one attached hydrogen (secondary N) is 1. The molecule has 1 fully saturated rings. The molecular weight excluding hydrogens is 558 g/mol. The van der Waals surface area contributed by atoms with E-state index in [1.807, 2.05) is 11.0 Å². The second kappa shape index (κ2) is 11.1. The molecule has 16 heteroatoms. The van der Waals surface area contributed by atoms with E-state index in [-0.39, 0.29) is 46.4 Å². The number of anilines is 3. The first-order valence-electron chi connectivity index (χ1n) is 12.0. The summed E-state index contributed by atoms with van der Waals surface area (Å²) in [6, 6.07) is 11.1. The van der Waals surface area contributed by atoms with Gasteiger partial charge in [-0.15, -0.1) is 10.2 Å². The molecule has 2 aromatic heterocycles. The molecule has 40 heavy (non-hydrogen) atoms. The predicted octanol–water partition coefficient (Wildman–Crippen LogP) is 0.914. The molecule has 1 saturated heterocycles. The smallest absolute Gasteiger partial charge is 0.262 e. The van der Waals surface area contributed by atoms with Gasteiger partial charge in [0.25, 0.3) is 15.9 Å². The lowest BCUT2D eigenvalue weighted by molar-refractivity contribution is 0.102. The molecule has 3 aromatic rings. The first-order valence-corrected chi connectivity index (χ1v) is 15.3. The SMILES string of the molecule is Cc1cc(C#N)nc(N2CCN(S(=O)(=O)c3nnc(NC(=O)c4ccccc4N(C)S(C)(=O)=O)cc3C)CC2)n1. The quantitative estimate of drug-likeness (QED) is 0.416. The molecule has 4 rings (SSSR count). The van der Waals surface area contributed by atoms with Crippen molar-refractivity contribution in [2.75, 3.05) is 54.0 Å². The number of piperazine rings is 1. The lowest BCUT2D eigenvalue weighted by Crippen LogP contribution is -2.49. The van der Waals surface area contributed by atoms with E-state index in [0.717, 1.165) is 10.6 Å². The number of hydrogen-bond acceptors (Lipinski definition) is 11. The molecule has 14 nitrogen and oxygen atoms in total. The van der Waals surface area contributed by atoms with Gasteiger partial charge in [-0.05, 0) is 43.7 Å². The summed E-state index contributed by atoms with van der Waals surface area (Å²) in [6.45, 7) is 4.22. The number of nitriles is 1. The van der Waals surface area contributed by atoms with Crippen LogP contribution in [0.25, 0.3) is 0 Å². The van der Waals surface area contributed by atoms with Crippen LogP contribution in [-0.4, -0.2) is 86.7 Å². The molecule has 0 bridgehead atoms. The first-order chi connectivity index (χ1) is 18.8. The van der Waals surface area contributed by atoms with Crippen molar-refractivity contribution in [2.45, 2.75) is 18.9 Å². The Morgan fingerprint density at radius 2 is 1.70 bits per heavy atom. The minimum absolute atomic E-state index is 0.00738. The molecule has 1 N–H and O–H groups in total. The highest BCUT2D eigenvalue weighted by atomic mass is 32.2. The highest BCUT2D eigenvalue weighted by molar-refractivity contribution is 7.92. The number of aromatic nitrogens is 4. The van der Waals surface area contributed by atoms with E-state index >= 15 is 0 Å². The summed E-state index contributed by atoms with van der Waals surface area (Å²) in [5, 5.41) is 19.3. The van der Waals surface area contributed by atoms with Gasteiger partial charge < -0.3 is 10.2 Å². The molecule has 1 amide bonds. The Hall–Kier alpha value is -4.20. The Balaban J connectivity index is 1.48. The maximum atomic E-state index is 13.4. The molecule has 3 heterocycles. The second-order valence-corrected chi connectivity index (χ2v) is 13.0. The maximum Gasteiger partial charge on any atom is 0.262 e. The fourth-order valence-electron chi connectivity index (χ4n) is 4.09. The summed E-state index contributed by atoms with van der Waals surface area (Å²) < 4.78 is 53.0. The van der Waals surface area contributed by atoms with Gasteiger partial charge in [-0.1, -0.05) is 12.1 Å². The molecule has 0 unspecified atom stereocenters. The molecule has 1 aliphatic rings. The van der Waals surface area contributed by atoms with E-state index < -0.39 is 26.0 Å². The van der Waals surface area contributed by atoms with Crippen molar-refractivity contribution in [1.82, 2.24) is 24.5 Å². The third-order valence-corrected chi connectivity index (χ3v) is 9.36. The lowest BCUT2D eigenvalue weighted by atomic mass is 10.1. The minimum atomic E-state index is -4.00. The second-order valence-electron chi connectivity index (χ2n) is 9.12. The van der Waals surface area contributed by atoms with Crippen LogP contribution in [0.2, 0.25) is 0 Å². The normalized spacial score (nSPS) is 14.4. The van der Waals surface area contributed by atoms with Crippen LogP contribution in [0.15, 0.2) is 41.4 Å². The highest BCUT2D eigenvalue weighted by Crippen LogP contribution is 2.24. The predicted molar refractivity (Wildman–Crippen MR) is 147 cm³/mol. The number of aryl methyl sites for hydroxylation is 2. The average Bonchev–Trinajstić information content (AvgIpc) is 2.91. The molecule has 210 valence electrons. The summed E-state index contributed by atoms with van der Waals surface area (Å²) in [7, 11) is -6.28. The number of para-hydroxylation sites is 1. The van der Waals surface area contributed by atoms with Crippen molar-refractivity contribution in [3.8, 4) is 6.07 Å². The number of carbonyl (C=O) groups is 1. The number of rotatable bonds is 7. The van der Waals surface area contributed by atoms with Crippen LogP contribution in [0, 0.1) is 25.2 Å². The number of carbonyl (C=O) groups excluding carboxylic acids is 1. The molecule has 1 aliphatic heterocycles. The molecule has 0 spiro atoms. The Labute approximate surface area is 232 Å². The maximum absolute atomic E-state index is 13.4. The lowest BCUT2D eigenvalue weighted by Gasteiger charge is -2.33. The van der Waals surface area contributed by atoms with Crippen LogP contribution in [0.3, 0.4) is 0 Å². The fraction of sp³-hybridized carbons (Fsp3) is 0.333. The van der Waals surface area contributed by atoms with E-state index in [1.165, 1.54) is 29.6 Å².